The number of rotatable bonds is 13. The molecule has 9 heteroatoms. The molecule has 0 spiro atoms. The van der Waals surface area contributed by atoms with Crippen LogP contribution in [0.5, 0.6) is 0 Å². The second-order valence-corrected chi connectivity index (χ2v) is 12.3. The Morgan fingerprint density at radius 1 is 1.21 bits per heavy atom. The van der Waals surface area contributed by atoms with Crippen LogP contribution in [0, 0.1) is 5.41 Å². The van der Waals surface area contributed by atoms with Gasteiger partial charge in [-0.15, -0.1) is 11.3 Å². The number of nitrogens with zero attached hydrogens (tertiary/aromatic N) is 2. The molecule has 2 amide bonds. The summed E-state index contributed by atoms with van der Waals surface area (Å²) in [6, 6.07) is 16.2. The van der Waals surface area contributed by atoms with Crippen LogP contribution in [-0.4, -0.2) is 64.2 Å². The number of hydrogen-bond acceptors (Lipinski definition) is 7. The monoisotopic (exact) mass is 590 g/mol. The Labute approximate surface area is 252 Å². The molecule has 2 heterocycles. The zero-order valence-electron chi connectivity index (χ0n) is 24.6. The van der Waals surface area contributed by atoms with Crippen molar-refractivity contribution in [3.63, 3.8) is 0 Å². The minimum Gasteiger partial charge on any atom is -0.395 e. The van der Waals surface area contributed by atoms with Gasteiger partial charge in [0.05, 0.1) is 31.4 Å². The van der Waals surface area contributed by atoms with Gasteiger partial charge in [0.25, 0.3) is 0 Å². The molecule has 8 nitrogen and oxygen atoms in total. The van der Waals surface area contributed by atoms with E-state index in [9.17, 15) is 14.7 Å². The summed E-state index contributed by atoms with van der Waals surface area (Å²) in [7, 11) is 0. The largest absolute Gasteiger partial charge is 0.395 e. The molecule has 1 saturated heterocycles. The van der Waals surface area contributed by atoms with E-state index in [1.807, 2.05) is 71.8 Å². The lowest BCUT2D eigenvalue weighted by Crippen LogP contribution is -2.57. The van der Waals surface area contributed by atoms with Crippen molar-refractivity contribution < 1.29 is 19.4 Å². The molecule has 224 valence electrons. The Bertz CT molecular complexity index is 1330. The SMILES string of the molecule is C[C@H](N)C(=O)N[C@H](C(=O)N1CCCC1/C=C/[C@](C)(CO)Cc1cccc(-c2nccs2)c1)[C@@H](C)OCc1ccccc1. The third-order valence-electron chi connectivity index (χ3n) is 7.68. The number of benzene rings is 2. The molecule has 0 aliphatic carbocycles. The fourth-order valence-corrected chi connectivity index (χ4v) is 5.80. The second-order valence-electron chi connectivity index (χ2n) is 11.4. The Morgan fingerprint density at radius 2 is 1.98 bits per heavy atom. The molecule has 5 atom stereocenters. The van der Waals surface area contributed by atoms with Crippen molar-refractivity contribution in [2.45, 2.75) is 70.9 Å². The molecule has 0 saturated carbocycles. The van der Waals surface area contributed by atoms with Crippen molar-refractivity contribution in [2.75, 3.05) is 13.2 Å². The lowest BCUT2D eigenvalue weighted by molar-refractivity contribution is -0.141. The van der Waals surface area contributed by atoms with Gasteiger partial charge in [0.15, 0.2) is 0 Å². The van der Waals surface area contributed by atoms with Gasteiger partial charge in [-0.25, -0.2) is 4.98 Å². The number of aromatic nitrogens is 1. The number of aliphatic hydroxyl groups excluding tert-OH is 1. The van der Waals surface area contributed by atoms with Crippen LogP contribution in [-0.2, 0) is 27.4 Å². The highest BCUT2D eigenvalue weighted by molar-refractivity contribution is 7.13. The number of carbonyl (C=O) groups is 2. The maximum atomic E-state index is 13.9. The Morgan fingerprint density at radius 3 is 2.67 bits per heavy atom. The van der Waals surface area contributed by atoms with E-state index in [1.165, 1.54) is 0 Å². The molecular formula is C33H42N4O4S. The molecule has 1 aliphatic rings. The molecule has 4 N–H and O–H groups in total. The summed E-state index contributed by atoms with van der Waals surface area (Å²) in [5, 5.41) is 16.2. The van der Waals surface area contributed by atoms with Crippen LogP contribution in [0.2, 0.25) is 0 Å². The van der Waals surface area contributed by atoms with Crippen LogP contribution in [0.1, 0.15) is 44.7 Å². The number of amides is 2. The van der Waals surface area contributed by atoms with E-state index in [0.717, 1.165) is 34.5 Å². The summed E-state index contributed by atoms with van der Waals surface area (Å²) < 4.78 is 6.06. The molecule has 1 aromatic heterocycles. The third-order valence-corrected chi connectivity index (χ3v) is 8.50. The van der Waals surface area contributed by atoms with E-state index in [0.29, 0.717) is 19.6 Å². The third kappa shape index (κ3) is 8.35. The fourth-order valence-electron chi connectivity index (χ4n) is 5.17. The van der Waals surface area contributed by atoms with Gasteiger partial charge in [0.1, 0.15) is 11.0 Å². The Kier molecular flexibility index (Phi) is 11.0. The van der Waals surface area contributed by atoms with E-state index >= 15 is 0 Å². The number of nitrogens with one attached hydrogen (secondary N) is 1. The predicted molar refractivity (Wildman–Crippen MR) is 167 cm³/mol. The van der Waals surface area contributed by atoms with Gasteiger partial charge in [-0.05, 0) is 50.3 Å². The van der Waals surface area contributed by atoms with Crippen molar-refractivity contribution in [2.24, 2.45) is 11.1 Å². The highest BCUT2D eigenvalue weighted by atomic mass is 32.1. The number of thiazole rings is 1. The first-order chi connectivity index (χ1) is 20.2. The normalized spacial score (nSPS) is 18.9. The van der Waals surface area contributed by atoms with E-state index in [2.05, 4.69) is 22.4 Å². The summed E-state index contributed by atoms with van der Waals surface area (Å²) in [5.74, 6) is -0.596. The first-order valence-electron chi connectivity index (χ1n) is 14.5. The summed E-state index contributed by atoms with van der Waals surface area (Å²) in [4.78, 5) is 32.7. The minimum atomic E-state index is -0.876. The van der Waals surface area contributed by atoms with Crippen molar-refractivity contribution in [3.8, 4) is 10.6 Å². The second kappa shape index (κ2) is 14.7. The number of carbonyl (C=O) groups excluding carboxylic acids is 2. The smallest absolute Gasteiger partial charge is 0.248 e. The first-order valence-corrected chi connectivity index (χ1v) is 15.4. The molecule has 0 radical (unpaired) electrons. The van der Waals surface area contributed by atoms with Crippen molar-refractivity contribution >= 4 is 23.2 Å². The van der Waals surface area contributed by atoms with Gasteiger partial charge in [-0.1, -0.05) is 67.6 Å². The zero-order chi connectivity index (χ0) is 30.1. The van der Waals surface area contributed by atoms with Crippen LogP contribution in [0.15, 0.2) is 78.3 Å². The average Bonchev–Trinajstić information content (AvgIpc) is 3.71. The summed E-state index contributed by atoms with van der Waals surface area (Å²) in [5.41, 5.74) is 8.45. The predicted octanol–water partition coefficient (Wildman–Crippen LogP) is 4.34. The van der Waals surface area contributed by atoms with E-state index in [-0.39, 0.29) is 18.6 Å². The van der Waals surface area contributed by atoms with Gasteiger partial charge < -0.3 is 25.8 Å². The fraction of sp³-hybridized carbons (Fsp3) is 0.424. The molecule has 42 heavy (non-hydrogen) atoms. The summed E-state index contributed by atoms with van der Waals surface area (Å²) >= 11 is 1.60. The van der Waals surface area contributed by atoms with Gasteiger partial charge in [-0.2, -0.15) is 0 Å². The maximum absolute atomic E-state index is 13.9. The molecule has 2 aromatic carbocycles. The van der Waals surface area contributed by atoms with Gasteiger partial charge in [0, 0.05) is 29.1 Å². The number of nitrogens with two attached hydrogens (primary N) is 1. The van der Waals surface area contributed by atoms with Crippen LogP contribution in [0.25, 0.3) is 10.6 Å². The van der Waals surface area contributed by atoms with E-state index in [1.54, 1.807) is 31.4 Å². The molecule has 4 rings (SSSR count). The number of likely N-dealkylation sites (tertiary alicyclic amines) is 1. The molecule has 3 aromatic rings. The summed E-state index contributed by atoms with van der Waals surface area (Å²) in [6.45, 7) is 6.28. The highest BCUT2D eigenvalue weighted by Gasteiger charge is 2.37. The topological polar surface area (TPSA) is 118 Å². The van der Waals surface area contributed by atoms with Crippen molar-refractivity contribution in [1.29, 1.82) is 0 Å². The average molecular weight is 591 g/mol. The maximum Gasteiger partial charge on any atom is 0.248 e. The van der Waals surface area contributed by atoms with Crippen LogP contribution >= 0.6 is 11.3 Å². The van der Waals surface area contributed by atoms with Gasteiger partial charge in [-0.3, -0.25) is 9.59 Å². The van der Waals surface area contributed by atoms with Crippen LogP contribution < -0.4 is 11.1 Å². The standard InChI is InChI=1S/C33H42N4O4S/c1-23(34)30(39)36-29(24(2)41-21-25-9-5-4-6-10-25)32(40)37-17-8-13-28(37)14-15-33(3,22-38)20-26-11-7-12-27(19-26)31-35-16-18-42-31/h4-7,9-12,14-16,18-19,23-24,28-29,38H,8,13,17,20-22,34H2,1-3H3,(H,36,39)/b15-14+/t23-,24+,28?,29-,33-/m0/s1. The van der Waals surface area contributed by atoms with Gasteiger partial charge >= 0.3 is 0 Å². The molecular weight excluding hydrogens is 548 g/mol. The molecule has 1 fully saturated rings. The van der Waals surface area contributed by atoms with Crippen LogP contribution in [0.4, 0.5) is 0 Å². The first kappa shape index (κ1) is 31.6. The molecule has 1 unspecified atom stereocenters. The van der Waals surface area contributed by atoms with E-state index in [4.69, 9.17) is 10.5 Å². The highest BCUT2D eigenvalue weighted by Crippen LogP contribution is 2.30. The van der Waals surface area contributed by atoms with Crippen molar-refractivity contribution in [1.82, 2.24) is 15.2 Å². The van der Waals surface area contributed by atoms with Gasteiger partial charge in [0.2, 0.25) is 11.8 Å². The molecule has 0 bridgehead atoms. The Hall–Kier alpha value is -3.37. The lowest BCUT2D eigenvalue weighted by atomic mass is 9.83. The minimum absolute atomic E-state index is 0.0386. The Balaban J connectivity index is 1.47. The number of ether oxygens (including phenoxy) is 1. The number of hydrogen-bond donors (Lipinski definition) is 3. The molecule has 1 aliphatic heterocycles. The lowest BCUT2D eigenvalue weighted by Gasteiger charge is -2.32. The zero-order valence-corrected chi connectivity index (χ0v) is 25.4. The van der Waals surface area contributed by atoms with Crippen LogP contribution in [0.3, 0.4) is 0 Å². The number of aliphatic hydroxyl groups is 1. The quantitative estimate of drug-likeness (QED) is 0.255. The van der Waals surface area contributed by atoms with Crippen molar-refractivity contribution in [3.05, 3.63) is 89.5 Å². The summed E-state index contributed by atoms with van der Waals surface area (Å²) in [6.07, 6.45) is 7.58. The van der Waals surface area contributed by atoms with E-state index < -0.39 is 29.5 Å².